The van der Waals surface area contributed by atoms with Crippen molar-refractivity contribution in [3.05, 3.63) is 35.4 Å². The van der Waals surface area contributed by atoms with Crippen molar-refractivity contribution in [1.29, 1.82) is 0 Å². The lowest BCUT2D eigenvalue weighted by Crippen LogP contribution is -2.42. The Morgan fingerprint density at radius 1 is 1.33 bits per heavy atom. The van der Waals surface area contributed by atoms with E-state index >= 15 is 0 Å². The van der Waals surface area contributed by atoms with Crippen LogP contribution in [0.25, 0.3) is 0 Å². The molecule has 0 bridgehead atoms. The van der Waals surface area contributed by atoms with E-state index in [0.717, 1.165) is 12.8 Å². The summed E-state index contributed by atoms with van der Waals surface area (Å²) in [6.07, 6.45) is 2.94. The molecule has 0 amide bonds. The quantitative estimate of drug-likeness (QED) is 0.785. The van der Waals surface area contributed by atoms with Crippen LogP contribution in [0.2, 0.25) is 0 Å². The Bertz CT molecular complexity index is 329. The van der Waals surface area contributed by atoms with Crippen molar-refractivity contribution in [1.82, 2.24) is 0 Å². The van der Waals surface area contributed by atoms with Crippen LogP contribution in [0.1, 0.15) is 24.0 Å². The minimum atomic E-state index is -0.671. The van der Waals surface area contributed by atoms with Crippen molar-refractivity contribution < 1.29 is 5.11 Å². The van der Waals surface area contributed by atoms with Crippen LogP contribution in [0.15, 0.2) is 24.3 Å². The van der Waals surface area contributed by atoms with Gasteiger partial charge in [0.1, 0.15) is 0 Å². The van der Waals surface area contributed by atoms with Gasteiger partial charge in [0.15, 0.2) is 0 Å². The molecule has 0 saturated heterocycles. The molecule has 0 aliphatic heterocycles. The predicted octanol–water partition coefficient (Wildman–Crippen LogP) is 1.64. The van der Waals surface area contributed by atoms with Gasteiger partial charge in [-0.2, -0.15) is 0 Å². The van der Waals surface area contributed by atoms with Crippen LogP contribution in [0.3, 0.4) is 0 Å². The van der Waals surface area contributed by atoms with Gasteiger partial charge < -0.3 is 10.8 Å². The Morgan fingerprint density at radius 2 is 1.93 bits per heavy atom. The van der Waals surface area contributed by atoms with E-state index in [4.69, 9.17) is 5.73 Å². The molecule has 1 aromatic rings. The highest BCUT2D eigenvalue weighted by molar-refractivity contribution is 5.23. The van der Waals surface area contributed by atoms with Gasteiger partial charge in [0.2, 0.25) is 0 Å². The summed E-state index contributed by atoms with van der Waals surface area (Å²) in [4.78, 5) is 0. The molecule has 0 aromatic heterocycles. The number of nitrogens with two attached hydrogens (primary N) is 1. The summed E-state index contributed by atoms with van der Waals surface area (Å²) in [6, 6.07) is 8.33. The Balaban J connectivity index is 2.09. The van der Waals surface area contributed by atoms with Gasteiger partial charge >= 0.3 is 0 Å². The molecule has 1 aliphatic rings. The van der Waals surface area contributed by atoms with Gasteiger partial charge in [0.05, 0.1) is 5.60 Å². The van der Waals surface area contributed by atoms with Gasteiger partial charge in [-0.25, -0.2) is 0 Å². The Kier molecular flexibility index (Phi) is 2.81. The topological polar surface area (TPSA) is 46.2 Å². The molecule has 1 atom stereocenters. The second-order valence-electron chi connectivity index (χ2n) is 4.74. The van der Waals surface area contributed by atoms with Gasteiger partial charge in [0, 0.05) is 13.0 Å². The molecule has 0 spiro atoms. The molecule has 0 radical (unpaired) electrons. The molecule has 15 heavy (non-hydrogen) atoms. The van der Waals surface area contributed by atoms with Crippen molar-refractivity contribution in [2.45, 2.75) is 31.8 Å². The fraction of sp³-hybridized carbons (Fsp3) is 0.538. The van der Waals surface area contributed by atoms with Crippen molar-refractivity contribution >= 4 is 0 Å². The van der Waals surface area contributed by atoms with Gasteiger partial charge in [-0.3, -0.25) is 0 Å². The minimum Gasteiger partial charge on any atom is -0.388 e. The summed E-state index contributed by atoms with van der Waals surface area (Å²) in [6.45, 7) is 2.44. The second kappa shape index (κ2) is 3.95. The number of aliphatic hydroxyl groups is 1. The third-order valence-electron chi connectivity index (χ3n) is 3.32. The SMILES string of the molecule is Cc1ccc(CC(O)(CN)C2CC2)cc1. The first-order valence-electron chi connectivity index (χ1n) is 5.62. The Morgan fingerprint density at radius 3 is 2.40 bits per heavy atom. The Hall–Kier alpha value is -0.860. The first-order chi connectivity index (χ1) is 7.14. The lowest BCUT2D eigenvalue weighted by atomic mass is 9.89. The highest BCUT2D eigenvalue weighted by atomic mass is 16.3. The zero-order valence-corrected chi connectivity index (χ0v) is 9.24. The molecule has 3 N–H and O–H groups in total. The summed E-state index contributed by atoms with van der Waals surface area (Å²) in [5, 5.41) is 10.4. The second-order valence-corrected chi connectivity index (χ2v) is 4.74. The summed E-state index contributed by atoms with van der Waals surface area (Å²) in [5.74, 6) is 0.420. The third kappa shape index (κ3) is 2.39. The average molecular weight is 205 g/mol. The molecular formula is C13H19NO. The standard InChI is InChI=1S/C13H19NO/c1-10-2-4-11(5-3-10)8-13(15,9-14)12-6-7-12/h2-5,12,15H,6-9,14H2,1H3. The lowest BCUT2D eigenvalue weighted by molar-refractivity contribution is 0.0267. The van der Waals surface area contributed by atoms with E-state index in [9.17, 15) is 5.11 Å². The van der Waals surface area contributed by atoms with E-state index in [2.05, 4.69) is 31.2 Å². The average Bonchev–Trinajstić information content (AvgIpc) is 3.05. The van der Waals surface area contributed by atoms with Crippen molar-refractivity contribution in [2.75, 3.05) is 6.54 Å². The van der Waals surface area contributed by atoms with E-state index < -0.39 is 5.60 Å². The third-order valence-corrected chi connectivity index (χ3v) is 3.32. The largest absolute Gasteiger partial charge is 0.388 e. The van der Waals surface area contributed by atoms with Crippen molar-refractivity contribution in [2.24, 2.45) is 11.7 Å². The maximum atomic E-state index is 10.4. The van der Waals surface area contributed by atoms with Crippen LogP contribution < -0.4 is 5.73 Å². The molecule has 1 saturated carbocycles. The molecule has 82 valence electrons. The normalized spacial score (nSPS) is 19.9. The van der Waals surface area contributed by atoms with Crippen molar-refractivity contribution in [3.63, 3.8) is 0 Å². The zero-order valence-electron chi connectivity index (χ0n) is 9.24. The lowest BCUT2D eigenvalue weighted by Gasteiger charge is -2.26. The minimum absolute atomic E-state index is 0.367. The maximum Gasteiger partial charge on any atom is 0.0837 e. The summed E-state index contributed by atoms with van der Waals surface area (Å²) in [5.41, 5.74) is 7.44. The highest BCUT2D eigenvalue weighted by Crippen LogP contribution is 2.40. The van der Waals surface area contributed by atoms with E-state index in [1.54, 1.807) is 0 Å². The predicted molar refractivity (Wildman–Crippen MR) is 61.6 cm³/mol. The maximum absolute atomic E-state index is 10.4. The number of hydrogen-bond donors (Lipinski definition) is 2. The zero-order chi connectivity index (χ0) is 10.9. The molecule has 1 fully saturated rings. The van der Waals surface area contributed by atoms with Crippen LogP contribution in [-0.4, -0.2) is 17.3 Å². The molecule has 1 aromatic carbocycles. The number of aryl methyl sites for hydroxylation is 1. The van der Waals surface area contributed by atoms with E-state index in [1.807, 2.05) is 0 Å². The van der Waals surface area contributed by atoms with Crippen LogP contribution in [0.5, 0.6) is 0 Å². The van der Waals surface area contributed by atoms with Crippen LogP contribution in [0, 0.1) is 12.8 Å². The molecule has 2 rings (SSSR count). The first kappa shape index (κ1) is 10.7. The monoisotopic (exact) mass is 205 g/mol. The van der Waals surface area contributed by atoms with E-state index in [0.29, 0.717) is 18.9 Å². The van der Waals surface area contributed by atoms with Gasteiger partial charge in [-0.1, -0.05) is 29.8 Å². The fourth-order valence-electron chi connectivity index (χ4n) is 2.06. The molecule has 2 heteroatoms. The van der Waals surface area contributed by atoms with Crippen LogP contribution in [-0.2, 0) is 6.42 Å². The highest BCUT2D eigenvalue weighted by Gasteiger charge is 2.42. The molecule has 1 unspecified atom stereocenters. The van der Waals surface area contributed by atoms with Gasteiger partial charge in [0.25, 0.3) is 0 Å². The van der Waals surface area contributed by atoms with Crippen molar-refractivity contribution in [3.8, 4) is 0 Å². The number of rotatable bonds is 4. The molecular weight excluding hydrogens is 186 g/mol. The summed E-state index contributed by atoms with van der Waals surface area (Å²) in [7, 11) is 0. The Labute approximate surface area is 91.1 Å². The smallest absolute Gasteiger partial charge is 0.0837 e. The summed E-state index contributed by atoms with van der Waals surface area (Å²) < 4.78 is 0. The van der Waals surface area contributed by atoms with Gasteiger partial charge in [-0.15, -0.1) is 0 Å². The van der Waals surface area contributed by atoms with Crippen LogP contribution in [0.4, 0.5) is 0 Å². The van der Waals surface area contributed by atoms with E-state index in [-0.39, 0.29) is 0 Å². The first-order valence-corrected chi connectivity index (χ1v) is 5.62. The fourth-order valence-corrected chi connectivity index (χ4v) is 2.06. The molecule has 0 heterocycles. The number of benzene rings is 1. The molecule has 1 aliphatic carbocycles. The summed E-state index contributed by atoms with van der Waals surface area (Å²) >= 11 is 0. The van der Waals surface area contributed by atoms with E-state index in [1.165, 1.54) is 11.1 Å². The number of hydrogen-bond acceptors (Lipinski definition) is 2. The molecule has 2 nitrogen and oxygen atoms in total. The van der Waals surface area contributed by atoms with Crippen LogP contribution >= 0.6 is 0 Å². The van der Waals surface area contributed by atoms with Gasteiger partial charge in [-0.05, 0) is 31.2 Å².